The number of aliphatic hydroxyl groups excluding tert-OH is 1. The molecule has 27 heavy (non-hydrogen) atoms. The first kappa shape index (κ1) is 18.6. The molecule has 1 aliphatic heterocycles. The molecule has 0 bridgehead atoms. The summed E-state index contributed by atoms with van der Waals surface area (Å²) in [4.78, 5) is 0. The fraction of sp³-hybridized carbons (Fsp3) is 0.917. The Morgan fingerprint density at radius 3 is 2.74 bits per heavy atom. The van der Waals surface area contributed by atoms with Crippen LogP contribution >= 0.6 is 0 Å². The Balaban J connectivity index is 1.32. The summed E-state index contributed by atoms with van der Waals surface area (Å²) in [7, 11) is 0. The predicted molar refractivity (Wildman–Crippen MR) is 106 cm³/mol. The van der Waals surface area contributed by atoms with Crippen molar-refractivity contribution in [3.63, 3.8) is 0 Å². The van der Waals surface area contributed by atoms with Crippen LogP contribution in [0.15, 0.2) is 11.6 Å². The van der Waals surface area contributed by atoms with Crippen LogP contribution in [0.4, 0.5) is 0 Å². The van der Waals surface area contributed by atoms with Crippen LogP contribution in [0.2, 0.25) is 0 Å². The topological polar surface area (TPSA) is 38.7 Å². The lowest BCUT2D eigenvalue weighted by molar-refractivity contribution is -0.195. The van der Waals surface area contributed by atoms with Crippen LogP contribution in [0.1, 0.15) is 84.5 Å². The van der Waals surface area contributed by atoms with E-state index < -0.39 is 0 Å². The smallest absolute Gasteiger partial charge is 0.157 e. The van der Waals surface area contributed by atoms with Crippen LogP contribution in [-0.2, 0) is 9.47 Å². The zero-order valence-corrected chi connectivity index (χ0v) is 17.3. The van der Waals surface area contributed by atoms with Crippen molar-refractivity contribution in [2.75, 3.05) is 6.61 Å². The Bertz CT molecular complexity index is 594. The van der Waals surface area contributed by atoms with Gasteiger partial charge in [0.2, 0.25) is 0 Å². The highest BCUT2D eigenvalue weighted by Crippen LogP contribution is 2.64. The van der Waals surface area contributed by atoms with E-state index in [1.54, 1.807) is 5.57 Å². The molecule has 1 saturated heterocycles. The molecule has 152 valence electrons. The summed E-state index contributed by atoms with van der Waals surface area (Å²) in [6.07, 6.45) is 16.0. The summed E-state index contributed by atoms with van der Waals surface area (Å²) < 4.78 is 12.2. The van der Waals surface area contributed by atoms with E-state index in [0.717, 1.165) is 43.6 Å². The van der Waals surface area contributed by atoms with Gasteiger partial charge in [0.25, 0.3) is 0 Å². The van der Waals surface area contributed by atoms with Gasteiger partial charge >= 0.3 is 0 Å². The number of hydrogen-bond donors (Lipinski definition) is 1. The molecule has 0 radical (unpaired) electrons. The van der Waals surface area contributed by atoms with Crippen molar-refractivity contribution in [1.82, 2.24) is 0 Å². The first-order chi connectivity index (χ1) is 13.0. The number of fused-ring (bicyclic) bond motifs is 5. The monoisotopic (exact) mass is 374 g/mol. The molecule has 4 aliphatic carbocycles. The van der Waals surface area contributed by atoms with E-state index in [0.29, 0.717) is 11.5 Å². The minimum absolute atomic E-state index is 0.0420. The summed E-state index contributed by atoms with van der Waals surface area (Å²) in [6.45, 7) is 5.80. The maximum atomic E-state index is 10.6. The van der Waals surface area contributed by atoms with Crippen molar-refractivity contribution in [2.45, 2.75) is 103 Å². The third kappa shape index (κ3) is 2.95. The molecule has 5 aliphatic rings. The van der Waals surface area contributed by atoms with Crippen LogP contribution in [-0.4, -0.2) is 30.2 Å². The van der Waals surface area contributed by atoms with E-state index in [1.807, 2.05) is 0 Å². The van der Waals surface area contributed by atoms with Crippen molar-refractivity contribution in [3.05, 3.63) is 11.6 Å². The molecule has 0 spiro atoms. The van der Waals surface area contributed by atoms with Crippen LogP contribution in [0.3, 0.4) is 0 Å². The van der Waals surface area contributed by atoms with Crippen LogP contribution < -0.4 is 0 Å². The number of rotatable bonds is 2. The second kappa shape index (κ2) is 6.85. The standard InChI is InChI=1S/C24H38O3/c1-23-12-10-17(27-22-5-3-4-14-26-22)15-16(23)6-7-18-19-8-9-21(25)24(19,2)13-11-20(18)23/h6,17-22,25H,3-5,7-15H2,1-2H3/t17-,18+,19+,20+,21-,22-,23-,24-/m0/s1. The third-order valence-electron chi connectivity index (χ3n) is 9.49. The molecule has 0 aromatic rings. The summed E-state index contributed by atoms with van der Waals surface area (Å²) >= 11 is 0. The van der Waals surface area contributed by atoms with Gasteiger partial charge in [0.1, 0.15) is 0 Å². The van der Waals surface area contributed by atoms with E-state index >= 15 is 0 Å². The fourth-order valence-electron chi connectivity index (χ4n) is 7.75. The van der Waals surface area contributed by atoms with Crippen molar-refractivity contribution >= 4 is 0 Å². The average molecular weight is 375 g/mol. The van der Waals surface area contributed by atoms with Crippen molar-refractivity contribution < 1.29 is 14.6 Å². The number of hydrogen-bond acceptors (Lipinski definition) is 3. The van der Waals surface area contributed by atoms with Gasteiger partial charge in [-0.25, -0.2) is 0 Å². The fourth-order valence-corrected chi connectivity index (χ4v) is 7.75. The first-order valence-corrected chi connectivity index (χ1v) is 11.7. The van der Waals surface area contributed by atoms with E-state index in [1.165, 1.54) is 51.4 Å². The molecule has 0 amide bonds. The molecule has 1 heterocycles. The van der Waals surface area contributed by atoms with Crippen molar-refractivity contribution in [2.24, 2.45) is 28.6 Å². The molecule has 3 nitrogen and oxygen atoms in total. The second-order valence-corrected chi connectivity index (χ2v) is 10.7. The van der Waals surface area contributed by atoms with Gasteiger partial charge in [-0.1, -0.05) is 25.5 Å². The van der Waals surface area contributed by atoms with Gasteiger partial charge in [0, 0.05) is 6.61 Å². The lowest BCUT2D eigenvalue weighted by Crippen LogP contribution is -2.51. The maximum Gasteiger partial charge on any atom is 0.157 e. The molecular formula is C24H38O3. The van der Waals surface area contributed by atoms with Gasteiger partial charge in [0.15, 0.2) is 6.29 Å². The minimum atomic E-state index is -0.0683. The summed E-state index contributed by atoms with van der Waals surface area (Å²) in [5, 5.41) is 10.6. The molecule has 5 rings (SSSR count). The summed E-state index contributed by atoms with van der Waals surface area (Å²) in [5.41, 5.74) is 2.23. The van der Waals surface area contributed by atoms with E-state index in [4.69, 9.17) is 9.47 Å². The normalized spacial score (nSPS) is 52.5. The Kier molecular flexibility index (Phi) is 4.73. The highest BCUT2D eigenvalue weighted by atomic mass is 16.7. The van der Waals surface area contributed by atoms with E-state index in [2.05, 4.69) is 19.9 Å². The van der Waals surface area contributed by atoms with Gasteiger partial charge in [-0.15, -0.1) is 0 Å². The lowest BCUT2D eigenvalue weighted by atomic mass is 9.48. The van der Waals surface area contributed by atoms with Crippen LogP contribution in [0.5, 0.6) is 0 Å². The molecular weight excluding hydrogens is 336 g/mol. The zero-order valence-electron chi connectivity index (χ0n) is 17.3. The van der Waals surface area contributed by atoms with Gasteiger partial charge in [-0.3, -0.25) is 0 Å². The molecule has 4 fully saturated rings. The Hall–Kier alpha value is -0.380. The SMILES string of the molecule is C[C@]12CC[C@@H]3[C@H](CC=C4C[C@@H](O[C@H]5CCCCO5)CC[C@@]43C)[C@H]1CC[C@@H]2O. The summed E-state index contributed by atoms with van der Waals surface area (Å²) in [6, 6.07) is 0. The summed E-state index contributed by atoms with van der Waals surface area (Å²) in [5.74, 6) is 2.33. The van der Waals surface area contributed by atoms with Crippen molar-refractivity contribution in [3.8, 4) is 0 Å². The molecule has 3 saturated carbocycles. The quantitative estimate of drug-likeness (QED) is 0.673. The van der Waals surface area contributed by atoms with Gasteiger partial charge in [-0.05, 0) is 99.2 Å². The lowest BCUT2D eigenvalue weighted by Gasteiger charge is -2.57. The molecule has 0 aromatic heterocycles. The highest BCUT2D eigenvalue weighted by molar-refractivity contribution is 5.25. The number of aliphatic hydroxyl groups is 1. The van der Waals surface area contributed by atoms with Crippen LogP contribution in [0.25, 0.3) is 0 Å². The van der Waals surface area contributed by atoms with E-state index in [9.17, 15) is 5.11 Å². The van der Waals surface area contributed by atoms with E-state index in [-0.39, 0.29) is 17.8 Å². The van der Waals surface area contributed by atoms with Gasteiger partial charge in [-0.2, -0.15) is 0 Å². The number of ether oxygens (including phenoxy) is 2. The third-order valence-corrected chi connectivity index (χ3v) is 9.49. The molecule has 8 atom stereocenters. The van der Waals surface area contributed by atoms with Crippen LogP contribution in [0, 0.1) is 28.6 Å². The Morgan fingerprint density at radius 1 is 1.04 bits per heavy atom. The first-order valence-electron chi connectivity index (χ1n) is 11.7. The highest BCUT2D eigenvalue weighted by Gasteiger charge is 2.58. The van der Waals surface area contributed by atoms with Gasteiger partial charge in [0.05, 0.1) is 12.2 Å². The minimum Gasteiger partial charge on any atom is -0.393 e. The molecule has 0 aromatic carbocycles. The maximum absolute atomic E-state index is 10.6. The molecule has 0 unspecified atom stereocenters. The largest absolute Gasteiger partial charge is 0.393 e. The molecule has 1 N–H and O–H groups in total. The number of allylic oxidation sites excluding steroid dienone is 1. The van der Waals surface area contributed by atoms with Gasteiger partial charge < -0.3 is 14.6 Å². The zero-order chi connectivity index (χ0) is 18.6. The Morgan fingerprint density at radius 2 is 1.93 bits per heavy atom. The van der Waals surface area contributed by atoms with Crippen molar-refractivity contribution in [1.29, 1.82) is 0 Å². The average Bonchev–Trinajstić information content (AvgIpc) is 2.98. The second-order valence-electron chi connectivity index (χ2n) is 10.7. The molecule has 3 heteroatoms. The Labute approximate surface area is 164 Å². The predicted octanol–water partition coefficient (Wildman–Crippen LogP) is 5.22.